The third-order valence-corrected chi connectivity index (χ3v) is 11.1. The highest BCUT2D eigenvalue weighted by Gasteiger charge is 2.52. The first-order valence-corrected chi connectivity index (χ1v) is 15.7. The predicted octanol–water partition coefficient (Wildman–Crippen LogP) is 1.27. The summed E-state index contributed by atoms with van der Waals surface area (Å²) >= 11 is 6.05. The van der Waals surface area contributed by atoms with E-state index in [0.717, 1.165) is 32.5 Å². The van der Waals surface area contributed by atoms with Crippen LogP contribution in [-0.4, -0.2) is 108 Å². The van der Waals surface area contributed by atoms with Gasteiger partial charge < -0.3 is 20.2 Å². The molecule has 1 unspecified atom stereocenters. The number of sulfone groups is 1. The van der Waals surface area contributed by atoms with Crippen molar-refractivity contribution in [3.05, 3.63) is 29.3 Å². The van der Waals surface area contributed by atoms with E-state index in [0.29, 0.717) is 25.8 Å². The fourth-order valence-corrected chi connectivity index (χ4v) is 8.08. The first kappa shape index (κ1) is 28.8. The SMILES string of the molecule is N#CC1(NC(=O)[C@@H]2C[C@@H](S(=O)(=O)c3cccc(Cl)c3)CN2C(=O)C2CCN2C2CCN(CCC(=O)O)CC2)CC1. The maximum absolute atomic E-state index is 13.9. The summed E-state index contributed by atoms with van der Waals surface area (Å²) < 4.78 is 27.1. The standard InChI is InChI=1S/C27H34ClN5O6S/c28-18-2-1-3-20(14-18)40(38,39)21-15-23(25(36)30-27(17-29)8-9-27)33(16-21)26(37)22-6-13-32(22)19-4-10-31(11-5-19)12-7-24(34)35/h1-3,14,19,21-23H,4-13,15-16H2,(H,30,36)(H,34,35)/t21-,22?,23+/m1/s1. The summed E-state index contributed by atoms with van der Waals surface area (Å²) in [7, 11) is -3.88. The van der Waals surface area contributed by atoms with Gasteiger partial charge in [0.25, 0.3) is 0 Å². The van der Waals surface area contributed by atoms with Gasteiger partial charge in [0.1, 0.15) is 11.6 Å². The van der Waals surface area contributed by atoms with E-state index in [2.05, 4.69) is 21.2 Å². The minimum absolute atomic E-state index is 0.0501. The third kappa shape index (κ3) is 5.84. The summed E-state index contributed by atoms with van der Waals surface area (Å²) in [5, 5.41) is 20.5. The average Bonchev–Trinajstić information content (AvgIpc) is 3.52. The van der Waals surface area contributed by atoms with Crippen molar-refractivity contribution >= 4 is 39.2 Å². The Morgan fingerprint density at radius 2 is 1.85 bits per heavy atom. The van der Waals surface area contributed by atoms with E-state index in [4.69, 9.17) is 16.7 Å². The molecule has 3 heterocycles. The number of aliphatic carboxylic acids is 1. The molecule has 13 heteroatoms. The molecular weight excluding hydrogens is 558 g/mol. The first-order chi connectivity index (χ1) is 19.0. The largest absolute Gasteiger partial charge is 0.481 e. The van der Waals surface area contributed by atoms with E-state index in [9.17, 15) is 28.1 Å². The molecule has 3 saturated heterocycles. The summed E-state index contributed by atoms with van der Waals surface area (Å²) in [6.07, 6.45) is 3.34. The molecule has 3 aliphatic heterocycles. The van der Waals surface area contributed by atoms with Crippen molar-refractivity contribution in [1.82, 2.24) is 20.0 Å². The van der Waals surface area contributed by atoms with Gasteiger partial charge in [0, 0.05) is 30.7 Å². The molecule has 1 aliphatic carbocycles. The second-order valence-electron chi connectivity index (χ2n) is 11.3. The van der Waals surface area contributed by atoms with Gasteiger partial charge in [-0.05, 0) is 69.8 Å². The lowest BCUT2D eigenvalue weighted by Gasteiger charge is -2.49. The number of rotatable bonds is 9. The van der Waals surface area contributed by atoms with Gasteiger partial charge >= 0.3 is 5.97 Å². The average molecular weight is 592 g/mol. The lowest BCUT2D eigenvalue weighted by Crippen LogP contribution is -2.63. The highest BCUT2D eigenvalue weighted by atomic mass is 35.5. The Morgan fingerprint density at radius 1 is 1.12 bits per heavy atom. The minimum Gasteiger partial charge on any atom is -0.481 e. The number of halogens is 1. The van der Waals surface area contributed by atoms with Crippen LogP contribution in [0, 0.1) is 11.3 Å². The summed E-state index contributed by atoms with van der Waals surface area (Å²) in [4.78, 5) is 43.9. The van der Waals surface area contributed by atoms with E-state index < -0.39 is 44.6 Å². The van der Waals surface area contributed by atoms with Gasteiger partial charge in [0.05, 0.1) is 28.7 Å². The minimum atomic E-state index is -3.88. The molecule has 1 saturated carbocycles. The normalized spacial score (nSPS) is 27.0. The molecule has 2 amide bonds. The topological polar surface area (TPSA) is 151 Å². The second kappa shape index (κ2) is 11.3. The van der Waals surface area contributed by atoms with Crippen LogP contribution < -0.4 is 5.32 Å². The third-order valence-electron chi connectivity index (χ3n) is 8.75. The molecular formula is C27H34ClN5O6S. The van der Waals surface area contributed by atoms with Gasteiger partial charge in [-0.15, -0.1) is 0 Å². The number of hydrogen-bond acceptors (Lipinski definition) is 8. The molecule has 4 fully saturated rings. The fourth-order valence-electron chi connectivity index (χ4n) is 6.09. The van der Waals surface area contributed by atoms with Gasteiger partial charge in [0.15, 0.2) is 9.84 Å². The summed E-state index contributed by atoms with van der Waals surface area (Å²) in [5.41, 5.74) is -0.938. The van der Waals surface area contributed by atoms with E-state index in [1.165, 1.54) is 17.0 Å². The zero-order valence-corrected chi connectivity index (χ0v) is 23.7. The Labute approximate surface area is 239 Å². The molecule has 1 aromatic carbocycles. The van der Waals surface area contributed by atoms with Gasteiger partial charge in [0.2, 0.25) is 11.8 Å². The van der Waals surface area contributed by atoms with E-state index in [1.54, 1.807) is 12.1 Å². The number of carboxylic acid groups (broad SMARTS) is 1. The van der Waals surface area contributed by atoms with Crippen molar-refractivity contribution in [2.24, 2.45) is 0 Å². The zero-order chi connectivity index (χ0) is 28.7. The molecule has 4 aliphatic rings. The lowest BCUT2D eigenvalue weighted by molar-refractivity contribution is -0.149. The summed E-state index contributed by atoms with van der Waals surface area (Å²) in [6.45, 7) is 2.63. The number of piperidine rings is 1. The zero-order valence-electron chi connectivity index (χ0n) is 22.2. The number of benzene rings is 1. The highest BCUT2D eigenvalue weighted by Crippen LogP contribution is 2.37. The molecule has 0 aromatic heterocycles. The molecule has 11 nitrogen and oxygen atoms in total. The van der Waals surface area contributed by atoms with Crippen LogP contribution in [-0.2, 0) is 24.2 Å². The van der Waals surface area contributed by atoms with Crippen LogP contribution in [0.2, 0.25) is 5.02 Å². The van der Waals surface area contributed by atoms with E-state index in [-0.39, 0.29) is 41.3 Å². The summed E-state index contributed by atoms with van der Waals surface area (Å²) in [6, 6.07) is 6.84. The van der Waals surface area contributed by atoms with E-state index in [1.807, 2.05) is 0 Å². The molecule has 2 N–H and O–H groups in total. The molecule has 3 atom stereocenters. The van der Waals surface area contributed by atoms with Crippen LogP contribution in [0.15, 0.2) is 29.2 Å². The molecule has 5 rings (SSSR count). The number of carbonyl (C=O) groups excluding carboxylic acids is 2. The lowest BCUT2D eigenvalue weighted by atomic mass is 9.93. The number of hydrogen-bond donors (Lipinski definition) is 2. The van der Waals surface area contributed by atoms with Gasteiger partial charge in [-0.2, -0.15) is 5.26 Å². The first-order valence-electron chi connectivity index (χ1n) is 13.8. The predicted molar refractivity (Wildman–Crippen MR) is 145 cm³/mol. The maximum atomic E-state index is 13.9. The number of nitrogens with one attached hydrogen (secondary N) is 1. The number of carboxylic acids is 1. The number of likely N-dealkylation sites (tertiary alicyclic amines) is 3. The van der Waals surface area contributed by atoms with Gasteiger partial charge in [-0.25, -0.2) is 8.42 Å². The molecule has 40 heavy (non-hydrogen) atoms. The number of nitriles is 1. The van der Waals surface area contributed by atoms with Crippen LogP contribution in [0.3, 0.4) is 0 Å². The van der Waals surface area contributed by atoms with Crippen LogP contribution in [0.25, 0.3) is 0 Å². The molecule has 216 valence electrons. The van der Waals surface area contributed by atoms with Crippen molar-refractivity contribution in [2.75, 3.05) is 32.7 Å². The highest BCUT2D eigenvalue weighted by molar-refractivity contribution is 7.92. The number of nitrogens with zero attached hydrogens (tertiary/aromatic N) is 4. The Hall–Kier alpha value is -2.72. The van der Waals surface area contributed by atoms with Gasteiger partial charge in [-0.1, -0.05) is 17.7 Å². The van der Waals surface area contributed by atoms with Crippen molar-refractivity contribution in [1.29, 1.82) is 5.26 Å². The maximum Gasteiger partial charge on any atom is 0.304 e. The second-order valence-corrected chi connectivity index (χ2v) is 14.0. The van der Waals surface area contributed by atoms with Crippen molar-refractivity contribution in [3.8, 4) is 6.07 Å². The summed E-state index contributed by atoms with van der Waals surface area (Å²) in [5.74, 6) is -1.57. The van der Waals surface area contributed by atoms with Crippen LogP contribution >= 0.6 is 11.6 Å². The number of carbonyl (C=O) groups is 3. The number of amides is 2. The Kier molecular flexibility index (Phi) is 8.12. The fraction of sp³-hybridized carbons (Fsp3) is 0.630. The Balaban J connectivity index is 1.30. The smallest absolute Gasteiger partial charge is 0.304 e. The molecule has 0 bridgehead atoms. The van der Waals surface area contributed by atoms with Gasteiger partial charge in [-0.3, -0.25) is 19.3 Å². The quantitative estimate of drug-likeness (QED) is 0.432. The Morgan fingerprint density at radius 3 is 2.42 bits per heavy atom. The molecule has 0 radical (unpaired) electrons. The molecule has 1 aromatic rings. The van der Waals surface area contributed by atoms with Crippen molar-refractivity contribution in [2.45, 2.75) is 78.8 Å². The van der Waals surface area contributed by atoms with Crippen molar-refractivity contribution < 1.29 is 27.9 Å². The van der Waals surface area contributed by atoms with Crippen LogP contribution in [0.1, 0.15) is 44.9 Å². The Bertz CT molecular complexity index is 1320. The molecule has 0 spiro atoms. The van der Waals surface area contributed by atoms with Crippen LogP contribution in [0.5, 0.6) is 0 Å². The monoisotopic (exact) mass is 591 g/mol. The van der Waals surface area contributed by atoms with Crippen LogP contribution in [0.4, 0.5) is 0 Å². The van der Waals surface area contributed by atoms with E-state index >= 15 is 0 Å². The van der Waals surface area contributed by atoms with Crippen molar-refractivity contribution in [3.63, 3.8) is 0 Å².